The summed E-state index contributed by atoms with van der Waals surface area (Å²) in [6, 6.07) is 7.60. The van der Waals surface area contributed by atoms with E-state index in [1.165, 1.54) is 0 Å². The van der Waals surface area contributed by atoms with Crippen molar-refractivity contribution in [2.45, 2.75) is 20.3 Å². The molecule has 21 heavy (non-hydrogen) atoms. The third-order valence-corrected chi connectivity index (χ3v) is 3.69. The number of nitrogens with one attached hydrogen (secondary N) is 2. The molecule has 0 saturated carbocycles. The average Bonchev–Trinajstić information content (AvgIpc) is 2.77. The number of benzene rings is 1. The Kier molecular flexibility index (Phi) is 4.85. The van der Waals surface area contributed by atoms with Gasteiger partial charge in [0.25, 0.3) is 0 Å². The van der Waals surface area contributed by atoms with E-state index in [4.69, 9.17) is 0 Å². The lowest BCUT2D eigenvalue weighted by atomic mass is 10.0. The van der Waals surface area contributed by atoms with Gasteiger partial charge in [-0.3, -0.25) is 9.59 Å². The molecule has 1 heterocycles. The SMILES string of the molecule is CC(=NNC(=O)CC1C(=O)NN=C1C)c1ccc(Br)cc1. The average molecular weight is 351 g/mol. The molecule has 2 N–H and O–H groups in total. The summed E-state index contributed by atoms with van der Waals surface area (Å²) in [5, 5.41) is 7.85. The first-order valence-corrected chi connectivity index (χ1v) is 7.20. The summed E-state index contributed by atoms with van der Waals surface area (Å²) < 4.78 is 0.977. The number of halogens is 1. The molecule has 0 aromatic heterocycles. The number of hydrazone groups is 2. The Bertz CT molecular complexity index is 622. The normalized spacial score (nSPS) is 18.2. The third-order valence-electron chi connectivity index (χ3n) is 3.16. The Morgan fingerprint density at radius 1 is 1.43 bits per heavy atom. The van der Waals surface area contributed by atoms with E-state index in [1.54, 1.807) is 13.8 Å². The molecule has 1 unspecified atom stereocenters. The molecule has 1 atom stereocenters. The highest BCUT2D eigenvalue weighted by atomic mass is 79.9. The molecule has 7 heteroatoms. The van der Waals surface area contributed by atoms with E-state index in [-0.39, 0.29) is 18.2 Å². The number of carbonyl (C=O) groups excluding carboxylic acids is 2. The maximum absolute atomic E-state index is 11.8. The quantitative estimate of drug-likeness (QED) is 0.641. The Morgan fingerprint density at radius 2 is 2.10 bits per heavy atom. The Balaban J connectivity index is 1.94. The molecule has 0 fully saturated rings. The van der Waals surface area contributed by atoms with Gasteiger partial charge in [-0.1, -0.05) is 28.1 Å². The van der Waals surface area contributed by atoms with Crippen LogP contribution in [0.2, 0.25) is 0 Å². The zero-order valence-corrected chi connectivity index (χ0v) is 13.3. The minimum Gasteiger partial charge on any atom is -0.273 e. The van der Waals surface area contributed by atoms with Crippen LogP contribution in [0.5, 0.6) is 0 Å². The molecule has 0 bridgehead atoms. The van der Waals surface area contributed by atoms with Crippen molar-refractivity contribution in [2.24, 2.45) is 16.1 Å². The molecule has 1 aromatic rings. The van der Waals surface area contributed by atoms with Crippen molar-refractivity contribution in [2.75, 3.05) is 0 Å². The minimum atomic E-state index is -0.506. The van der Waals surface area contributed by atoms with Gasteiger partial charge < -0.3 is 0 Å². The molecule has 1 aromatic carbocycles. The summed E-state index contributed by atoms with van der Waals surface area (Å²) in [7, 11) is 0. The number of carbonyl (C=O) groups is 2. The summed E-state index contributed by atoms with van der Waals surface area (Å²) in [6.45, 7) is 3.52. The molecule has 2 amide bonds. The number of hydrogen-bond acceptors (Lipinski definition) is 4. The van der Waals surface area contributed by atoms with Gasteiger partial charge in [0.15, 0.2) is 0 Å². The van der Waals surface area contributed by atoms with Crippen LogP contribution >= 0.6 is 15.9 Å². The number of hydrogen-bond donors (Lipinski definition) is 2. The molecule has 1 aliphatic rings. The van der Waals surface area contributed by atoms with Gasteiger partial charge in [0, 0.05) is 16.6 Å². The van der Waals surface area contributed by atoms with Crippen molar-refractivity contribution in [3.63, 3.8) is 0 Å². The molecule has 1 aliphatic heterocycles. The summed E-state index contributed by atoms with van der Waals surface area (Å²) in [5.41, 5.74) is 7.03. The number of rotatable bonds is 4. The second kappa shape index (κ2) is 6.62. The highest BCUT2D eigenvalue weighted by Crippen LogP contribution is 2.12. The van der Waals surface area contributed by atoms with Gasteiger partial charge in [-0.05, 0) is 31.5 Å². The fourth-order valence-electron chi connectivity index (χ4n) is 1.86. The lowest BCUT2D eigenvalue weighted by molar-refractivity contribution is -0.127. The Hall–Kier alpha value is -2.02. The van der Waals surface area contributed by atoms with E-state index in [2.05, 4.69) is 37.0 Å². The lowest BCUT2D eigenvalue weighted by Gasteiger charge is -2.07. The van der Waals surface area contributed by atoms with Crippen LogP contribution in [0.25, 0.3) is 0 Å². The van der Waals surface area contributed by atoms with Crippen LogP contribution in [0.4, 0.5) is 0 Å². The molecule has 2 rings (SSSR count). The first-order valence-electron chi connectivity index (χ1n) is 6.40. The second-order valence-electron chi connectivity index (χ2n) is 4.73. The first-order chi connectivity index (χ1) is 9.97. The van der Waals surface area contributed by atoms with E-state index in [1.807, 2.05) is 24.3 Å². The molecular weight excluding hydrogens is 336 g/mol. The van der Waals surface area contributed by atoms with Gasteiger partial charge in [0.05, 0.1) is 11.6 Å². The standard InChI is InChI=1S/C14H15BrN4O2/c1-8(10-3-5-11(15)6-4-10)16-18-13(20)7-12-9(2)17-19-14(12)21/h3-6,12H,7H2,1-2H3,(H,18,20)(H,19,21). The summed E-state index contributed by atoms with van der Waals surface area (Å²) in [4.78, 5) is 23.3. The zero-order valence-electron chi connectivity index (χ0n) is 11.7. The minimum absolute atomic E-state index is 0.0400. The van der Waals surface area contributed by atoms with Crippen molar-refractivity contribution in [3.8, 4) is 0 Å². The fraction of sp³-hybridized carbons (Fsp3) is 0.286. The molecule has 0 spiro atoms. The second-order valence-corrected chi connectivity index (χ2v) is 5.64. The topological polar surface area (TPSA) is 82.9 Å². The zero-order chi connectivity index (χ0) is 15.4. The maximum Gasteiger partial charge on any atom is 0.249 e. The highest BCUT2D eigenvalue weighted by Gasteiger charge is 2.29. The van der Waals surface area contributed by atoms with Gasteiger partial charge in [-0.15, -0.1) is 0 Å². The summed E-state index contributed by atoms with van der Waals surface area (Å²) in [6.07, 6.45) is 0.0400. The number of nitrogens with zero attached hydrogens (tertiary/aromatic N) is 2. The van der Waals surface area contributed by atoms with E-state index < -0.39 is 5.92 Å². The van der Waals surface area contributed by atoms with E-state index in [9.17, 15) is 9.59 Å². The number of amides is 2. The van der Waals surface area contributed by atoms with Gasteiger partial charge in [-0.2, -0.15) is 10.2 Å². The molecule has 0 aliphatic carbocycles. The van der Waals surface area contributed by atoms with E-state index in [0.717, 1.165) is 10.0 Å². The van der Waals surface area contributed by atoms with E-state index >= 15 is 0 Å². The molecule has 0 radical (unpaired) electrons. The predicted octanol–water partition coefficient (Wildman–Crippen LogP) is 1.80. The molecule has 0 saturated heterocycles. The van der Waals surface area contributed by atoms with Crippen LogP contribution < -0.4 is 10.9 Å². The molecule has 6 nitrogen and oxygen atoms in total. The smallest absolute Gasteiger partial charge is 0.249 e. The van der Waals surface area contributed by atoms with Crippen LogP contribution in [0.15, 0.2) is 38.9 Å². The summed E-state index contributed by atoms with van der Waals surface area (Å²) in [5.74, 6) is -1.08. The maximum atomic E-state index is 11.8. The molecular formula is C14H15BrN4O2. The van der Waals surface area contributed by atoms with Crippen molar-refractivity contribution >= 4 is 39.2 Å². The van der Waals surface area contributed by atoms with Crippen LogP contribution in [-0.2, 0) is 9.59 Å². The van der Waals surface area contributed by atoms with Crippen molar-refractivity contribution in [3.05, 3.63) is 34.3 Å². The van der Waals surface area contributed by atoms with Crippen LogP contribution in [0.1, 0.15) is 25.8 Å². The third kappa shape index (κ3) is 3.98. The summed E-state index contributed by atoms with van der Waals surface area (Å²) >= 11 is 3.36. The fourth-order valence-corrected chi connectivity index (χ4v) is 2.13. The predicted molar refractivity (Wildman–Crippen MR) is 83.9 cm³/mol. The van der Waals surface area contributed by atoms with Gasteiger partial charge in [0.1, 0.15) is 0 Å². The Labute approximate surface area is 130 Å². The van der Waals surface area contributed by atoms with Gasteiger partial charge >= 0.3 is 0 Å². The van der Waals surface area contributed by atoms with Crippen molar-refractivity contribution in [1.29, 1.82) is 0 Å². The monoisotopic (exact) mass is 350 g/mol. The van der Waals surface area contributed by atoms with Crippen LogP contribution in [-0.4, -0.2) is 23.2 Å². The lowest BCUT2D eigenvalue weighted by Crippen LogP contribution is -2.29. The van der Waals surface area contributed by atoms with Crippen molar-refractivity contribution < 1.29 is 9.59 Å². The highest BCUT2D eigenvalue weighted by molar-refractivity contribution is 9.10. The Morgan fingerprint density at radius 3 is 2.67 bits per heavy atom. The van der Waals surface area contributed by atoms with Crippen molar-refractivity contribution in [1.82, 2.24) is 10.9 Å². The van der Waals surface area contributed by atoms with Gasteiger partial charge in [-0.25, -0.2) is 10.9 Å². The first kappa shape index (κ1) is 15.4. The van der Waals surface area contributed by atoms with Crippen LogP contribution in [0.3, 0.4) is 0 Å². The largest absolute Gasteiger partial charge is 0.273 e. The van der Waals surface area contributed by atoms with Crippen LogP contribution in [0, 0.1) is 5.92 Å². The molecule has 110 valence electrons. The van der Waals surface area contributed by atoms with Gasteiger partial charge in [0.2, 0.25) is 11.8 Å². The van der Waals surface area contributed by atoms with E-state index in [0.29, 0.717) is 11.4 Å².